The first kappa shape index (κ1) is 20.7. The van der Waals surface area contributed by atoms with E-state index in [4.69, 9.17) is 11.6 Å². The summed E-state index contributed by atoms with van der Waals surface area (Å²) < 4.78 is 40.9. The fourth-order valence-electron chi connectivity index (χ4n) is 3.13. The van der Waals surface area contributed by atoms with E-state index in [1.807, 2.05) is 23.6 Å². The molecule has 0 atom stereocenters. The molecule has 2 heterocycles. The summed E-state index contributed by atoms with van der Waals surface area (Å²) in [5.41, 5.74) is 1.73. The van der Waals surface area contributed by atoms with Gasteiger partial charge in [-0.1, -0.05) is 23.7 Å². The van der Waals surface area contributed by atoms with Gasteiger partial charge in [-0.2, -0.15) is 13.2 Å². The number of carbonyl (C=O) groups excluding carboxylic acids is 1. The van der Waals surface area contributed by atoms with E-state index in [0.29, 0.717) is 17.2 Å². The van der Waals surface area contributed by atoms with E-state index in [-0.39, 0.29) is 5.69 Å². The molecule has 6 nitrogen and oxygen atoms in total. The Hall–Kier alpha value is -3.59. The molecule has 4 rings (SSSR count). The van der Waals surface area contributed by atoms with Gasteiger partial charge >= 0.3 is 12.2 Å². The van der Waals surface area contributed by atoms with E-state index < -0.39 is 22.8 Å². The maximum atomic E-state index is 13.0. The molecular weight excluding hydrogens is 431 g/mol. The van der Waals surface area contributed by atoms with Crippen LogP contribution < -0.4 is 10.6 Å². The topological polar surface area (TPSA) is 71.3 Å². The lowest BCUT2D eigenvalue weighted by atomic mass is 10.1. The number of hydrogen-bond donors (Lipinski definition) is 2. The Bertz CT molecular complexity index is 1290. The number of aryl methyl sites for hydroxylation is 1. The van der Waals surface area contributed by atoms with Crippen LogP contribution in [0.5, 0.6) is 0 Å². The van der Waals surface area contributed by atoms with Crippen LogP contribution in [0.4, 0.5) is 29.3 Å². The number of urea groups is 1. The second kappa shape index (κ2) is 7.92. The molecule has 0 unspecified atom stereocenters. The summed E-state index contributed by atoms with van der Waals surface area (Å²) in [7, 11) is 0. The first-order valence-corrected chi connectivity index (χ1v) is 9.45. The van der Waals surface area contributed by atoms with Gasteiger partial charge in [0.2, 0.25) is 5.78 Å². The first-order chi connectivity index (χ1) is 14.7. The average molecular weight is 446 g/mol. The number of imidazole rings is 1. The normalized spacial score (nSPS) is 11.5. The van der Waals surface area contributed by atoms with Gasteiger partial charge in [-0.25, -0.2) is 14.8 Å². The Labute approximate surface area is 179 Å². The van der Waals surface area contributed by atoms with Crippen molar-refractivity contribution in [3.63, 3.8) is 0 Å². The minimum absolute atomic E-state index is 0.0346. The number of hydrogen-bond acceptors (Lipinski definition) is 3. The predicted octanol–water partition coefficient (Wildman–Crippen LogP) is 6.02. The molecule has 158 valence electrons. The number of anilines is 2. The molecule has 2 N–H and O–H groups in total. The molecule has 0 saturated carbocycles. The molecule has 2 amide bonds. The fraction of sp³-hybridized carbons (Fsp3) is 0.0952. The molecule has 4 aromatic rings. The molecule has 2 aromatic heterocycles. The highest BCUT2D eigenvalue weighted by Gasteiger charge is 2.33. The molecule has 0 aliphatic rings. The maximum absolute atomic E-state index is 13.0. The van der Waals surface area contributed by atoms with Crippen LogP contribution >= 0.6 is 11.6 Å². The van der Waals surface area contributed by atoms with Crippen LogP contribution in [0.25, 0.3) is 17.0 Å². The molecule has 0 saturated heterocycles. The summed E-state index contributed by atoms with van der Waals surface area (Å²) in [5, 5.41) is 4.55. The summed E-state index contributed by atoms with van der Waals surface area (Å²) in [5.74, 6) is 0.550. The van der Waals surface area contributed by atoms with Gasteiger partial charge in [-0.3, -0.25) is 4.40 Å². The number of aromatic nitrogens is 3. The Balaban J connectivity index is 1.54. The van der Waals surface area contributed by atoms with Crippen LogP contribution in [0.1, 0.15) is 11.3 Å². The number of nitrogens with zero attached hydrogens (tertiary/aromatic N) is 3. The van der Waals surface area contributed by atoms with Gasteiger partial charge in [0.25, 0.3) is 0 Å². The second-order valence-electron chi connectivity index (χ2n) is 6.69. The van der Waals surface area contributed by atoms with Gasteiger partial charge in [0.1, 0.15) is 0 Å². The van der Waals surface area contributed by atoms with Gasteiger partial charge in [-0.05, 0) is 43.3 Å². The quantitative estimate of drug-likeness (QED) is 0.405. The highest BCUT2D eigenvalue weighted by molar-refractivity contribution is 6.31. The van der Waals surface area contributed by atoms with Crippen molar-refractivity contribution < 1.29 is 18.0 Å². The molecule has 31 heavy (non-hydrogen) atoms. The Morgan fingerprint density at radius 2 is 1.81 bits per heavy atom. The van der Waals surface area contributed by atoms with Crippen molar-refractivity contribution in [1.29, 1.82) is 0 Å². The van der Waals surface area contributed by atoms with E-state index in [0.717, 1.165) is 23.4 Å². The zero-order valence-corrected chi connectivity index (χ0v) is 16.8. The average Bonchev–Trinajstić information content (AvgIpc) is 3.06. The highest BCUT2D eigenvalue weighted by atomic mass is 35.5. The predicted molar refractivity (Wildman–Crippen MR) is 112 cm³/mol. The summed E-state index contributed by atoms with van der Waals surface area (Å²) in [6, 6.07) is 11.2. The summed E-state index contributed by atoms with van der Waals surface area (Å²) in [6.45, 7) is 1.91. The first-order valence-electron chi connectivity index (χ1n) is 9.07. The molecule has 0 aliphatic carbocycles. The van der Waals surface area contributed by atoms with Crippen LogP contribution in [-0.4, -0.2) is 20.4 Å². The second-order valence-corrected chi connectivity index (χ2v) is 7.10. The van der Waals surface area contributed by atoms with Crippen LogP contribution in [0.15, 0.2) is 60.9 Å². The van der Waals surface area contributed by atoms with Crippen molar-refractivity contribution >= 4 is 34.8 Å². The number of amides is 2. The summed E-state index contributed by atoms with van der Waals surface area (Å²) in [4.78, 5) is 21.1. The Morgan fingerprint density at radius 3 is 2.52 bits per heavy atom. The van der Waals surface area contributed by atoms with Crippen LogP contribution in [0.2, 0.25) is 5.02 Å². The van der Waals surface area contributed by atoms with Crippen molar-refractivity contribution in [2.75, 3.05) is 10.6 Å². The fourth-order valence-corrected chi connectivity index (χ4v) is 3.36. The van der Waals surface area contributed by atoms with Crippen LogP contribution in [0, 0.1) is 6.92 Å². The van der Waals surface area contributed by atoms with E-state index >= 15 is 0 Å². The molecule has 0 aliphatic heterocycles. The number of alkyl halides is 3. The summed E-state index contributed by atoms with van der Waals surface area (Å²) >= 11 is 5.60. The largest absolute Gasteiger partial charge is 0.417 e. The van der Waals surface area contributed by atoms with Gasteiger partial charge in [0, 0.05) is 35.0 Å². The molecule has 0 bridgehead atoms. The lowest BCUT2D eigenvalue weighted by molar-refractivity contribution is -0.137. The number of fused-ring (bicyclic) bond motifs is 1. The van der Waals surface area contributed by atoms with Crippen LogP contribution in [0.3, 0.4) is 0 Å². The standard InChI is InChI=1S/C21H15ClF3N5O/c1-12-18(29-19-26-8-3-9-30(12)19)13-4-2-5-14(10-13)27-20(31)28-15-6-7-17(22)16(11-15)21(23,24)25/h2-11H,1H3,(H2,27,28,31). The Kier molecular flexibility index (Phi) is 5.28. The zero-order valence-electron chi connectivity index (χ0n) is 16.0. The molecule has 0 spiro atoms. The minimum atomic E-state index is -4.62. The van der Waals surface area contributed by atoms with Crippen molar-refractivity contribution in [3.05, 3.63) is 77.2 Å². The number of benzene rings is 2. The smallest absolute Gasteiger partial charge is 0.308 e. The highest BCUT2D eigenvalue weighted by Crippen LogP contribution is 2.36. The maximum Gasteiger partial charge on any atom is 0.417 e. The Morgan fingerprint density at radius 1 is 1.06 bits per heavy atom. The lowest BCUT2D eigenvalue weighted by Gasteiger charge is -2.12. The van der Waals surface area contributed by atoms with Gasteiger partial charge < -0.3 is 10.6 Å². The zero-order chi connectivity index (χ0) is 22.2. The van der Waals surface area contributed by atoms with E-state index in [1.165, 1.54) is 6.07 Å². The number of rotatable bonds is 3. The van der Waals surface area contributed by atoms with Crippen molar-refractivity contribution in [2.24, 2.45) is 0 Å². The molecular formula is C21H15ClF3N5O. The minimum Gasteiger partial charge on any atom is -0.308 e. The van der Waals surface area contributed by atoms with Crippen LogP contribution in [-0.2, 0) is 6.18 Å². The van der Waals surface area contributed by atoms with Gasteiger partial charge in [0.05, 0.1) is 16.3 Å². The third-order valence-electron chi connectivity index (χ3n) is 4.57. The van der Waals surface area contributed by atoms with E-state index in [1.54, 1.807) is 30.5 Å². The third kappa shape index (κ3) is 4.31. The number of halogens is 4. The van der Waals surface area contributed by atoms with Crippen molar-refractivity contribution in [1.82, 2.24) is 14.4 Å². The lowest BCUT2D eigenvalue weighted by Crippen LogP contribution is -2.20. The monoisotopic (exact) mass is 445 g/mol. The van der Waals surface area contributed by atoms with E-state index in [9.17, 15) is 18.0 Å². The summed E-state index contributed by atoms with van der Waals surface area (Å²) in [6.07, 6.45) is -1.12. The molecule has 10 heteroatoms. The van der Waals surface area contributed by atoms with Crippen molar-refractivity contribution in [3.8, 4) is 11.3 Å². The van der Waals surface area contributed by atoms with Crippen molar-refractivity contribution in [2.45, 2.75) is 13.1 Å². The molecule has 0 fully saturated rings. The van der Waals surface area contributed by atoms with E-state index in [2.05, 4.69) is 20.6 Å². The molecule has 2 aromatic carbocycles. The third-order valence-corrected chi connectivity index (χ3v) is 4.90. The van der Waals surface area contributed by atoms with Gasteiger partial charge in [0.15, 0.2) is 0 Å². The molecule has 0 radical (unpaired) electrons. The van der Waals surface area contributed by atoms with Gasteiger partial charge in [-0.15, -0.1) is 0 Å². The number of nitrogens with one attached hydrogen (secondary N) is 2. The SMILES string of the molecule is Cc1c(-c2cccc(NC(=O)Nc3ccc(Cl)c(C(F)(F)F)c3)c2)nc2ncccn12. The number of carbonyl (C=O) groups is 1.